The number of alkyl halides is 3. The van der Waals surface area contributed by atoms with Gasteiger partial charge in [-0.1, -0.05) is 6.42 Å². The van der Waals surface area contributed by atoms with Crippen LogP contribution in [0.15, 0.2) is 18.2 Å². The fourth-order valence-electron chi connectivity index (χ4n) is 2.61. The van der Waals surface area contributed by atoms with Crippen LogP contribution in [-0.2, 0) is 6.18 Å². The van der Waals surface area contributed by atoms with Crippen LogP contribution in [0.5, 0.6) is 5.75 Å². The Morgan fingerprint density at radius 1 is 1.18 bits per heavy atom. The summed E-state index contributed by atoms with van der Waals surface area (Å²) in [5.74, 6) is 0.157. The van der Waals surface area contributed by atoms with Gasteiger partial charge in [0.1, 0.15) is 5.75 Å². The van der Waals surface area contributed by atoms with Gasteiger partial charge in [0.05, 0.1) is 23.8 Å². The normalized spacial score (nSPS) is 16.3. The van der Waals surface area contributed by atoms with Crippen molar-refractivity contribution in [2.75, 3.05) is 26.2 Å². The van der Waals surface area contributed by atoms with Crippen LogP contribution in [0.4, 0.5) is 13.2 Å². The van der Waals surface area contributed by atoms with Crippen molar-refractivity contribution < 1.29 is 17.9 Å². The second-order valence-corrected chi connectivity index (χ2v) is 5.42. The van der Waals surface area contributed by atoms with Gasteiger partial charge in [-0.15, -0.1) is 0 Å². The maximum atomic E-state index is 12.8. The van der Waals surface area contributed by atoms with E-state index in [9.17, 15) is 13.2 Å². The zero-order valence-corrected chi connectivity index (χ0v) is 12.3. The highest BCUT2D eigenvalue weighted by Crippen LogP contribution is 2.34. The fourth-order valence-corrected chi connectivity index (χ4v) is 2.61. The topological polar surface area (TPSA) is 36.3 Å². The second kappa shape index (κ2) is 7.50. The van der Waals surface area contributed by atoms with Crippen molar-refractivity contribution >= 4 is 0 Å². The van der Waals surface area contributed by atoms with E-state index in [0.29, 0.717) is 6.61 Å². The predicted octanol–water partition coefficient (Wildman–Crippen LogP) is 3.83. The molecule has 2 rings (SSSR count). The summed E-state index contributed by atoms with van der Waals surface area (Å²) in [4.78, 5) is 2.35. The molecule has 22 heavy (non-hydrogen) atoms. The summed E-state index contributed by atoms with van der Waals surface area (Å²) in [6.45, 7) is 3.46. The standard InChI is InChI=1S/C16H19F3N2O/c17-16(18,19)15-11-14(6-5-13(15)12-20)22-10-4-9-21-7-2-1-3-8-21/h5-6,11H,1-4,7-10H2. The Bertz CT molecular complexity index is 531. The molecule has 0 saturated carbocycles. The van der Waals surface area contributed by atoms with E-state index < -0.39 is 11.7 Å². The van der Waals surface area contributed by atoms with E-state index in [1.165, 1.54) is 25.3 Å². The summed E-state index contributed by atoms with van der Waals surface area (Å²) < 4.78 is 43.9. The number of halogens is 3. The van der Waals surface area contributed by atoms with Gasteiger partial charge in [-0.25, -0.2) is 0 Å². The molecule has 0 bridgehead atoms. The van der Waals surface area contributed by atoms with Gasteiger partial charge >= 0.3 is 6.18 Å². The first-order valence-electron chi connectivity index (χ1n) is 7.47. The minimum absolute atomic E-state index is 0.157. The number of nitrogens with zero attached hydrogens (tertiary/aromatic N) is 2. The molecule has 1 aromatic rings. The molecule has 1 aliphatic heterocycles. The molecule has 6 heteroatoms. The first kappa shape index (κ1) is 16.6. The molecule has 1 saturated heterocycles. The van der Waals surface area contributed by atoms with E-state index in [4.69, 9.17) is 10.00 Å². The number of hydrogen-bond acceptors (Lipinski definition) is 3. The summed E-state index contributed by atoms with van der Waals surface area (Å²) in [5, 5.41) is 8.73. The van der Waals surface area contributed by atoms with Gasteiger partial charge in [-0.3, -0.25) is 0 Å². The number of nitriles is 1. The first-order valence-corrected chi connectivity index (χ1v) is 7.47. The Balaban J connectivity index is 1.86. The molecular weight excluding hydrogens is 293 g/mol. The van der Waals surface area contributed by atoms with Crippen LogP contribution in [0, 0.1) is 11.3 Å². The van der Waals surface area contributed by atoms with Crippen LogP contribution in [0.3, 0.4) is 0 Å². The van der Waals surface area contributed by atoms with Gasteiger partial charge in [0.15, 0.2) is 0 Å². The second-order valence-electron chi connectivity index (χ2n) is 5.42. The van der Waals surface area contributed by atoms with Crippen molar-refractivity contribution in [3.63, 3.8) is 0 Å². The van der Waals surface area contributed by atoms with E-state index in [-0.39, 0.29) is 11.3 Å². The van der Waals surface area contributed by atoms with E-state index in [2.05, 4.69) is 4.90 Å². The van der Waals surface area contributed by atoms with Crippen LogP contribution in [0.1, 0.15) is 36.8 Å². The Kier molecular flexibility index (Phi) is 5.67. The molecular formula is C16H19F3N2O. The number of rotatable bonds is 5. The zero-order chi connectivity index (χ0) is 16.0. The van der Waals surface area contributed by atoms with Crippen LogP contribution < -0.4 is 4.74 Å². The molecule has 3 nitrogen and oxygen atoms in total. The average molecular weight is 312 g/mol. The Morgan fingerprint density at radius 2 is 1.91 bits per heavy atom. The lowest BCUT2D eigenvalue weighted by molar-refractivity contribution is -0.137. The lowest BCUT2D eigenvalue weighted by Crippen LogP contribution is -2.31. The van der Waals surface area contributed by atoms with Crippen molar-refractivity contribution in [1.82, 2.24) is 4.90 Å². The molecule has 1 aliphatic rings. The van der Waals surface area contributed by atoms with Crippen molar-refractivity contribution in [3.05, 3.63) is 29.3 Å². The Hall–Kier alpha value is -1.74. The monoisotopic (exact) mass is 312 g/mol. The van der Waals surface area contributed by atoms with Crippen LogP contribution >= 0.6 is 0 Å². The zero-order valence-electron chi connectivity index (χ0n) is 12.3. The third-order valence-corrected chi connectivity index (χ3v) is 3.75. The van der Waals surface area contributed by atoms with Gasteiger partial charge in [0.2, 0.25) is 0 Å². The van der Waals surface area contributed by atoms with Crippen LogP contribution in [0.25, 0.3) is 0 Å². The minimum Gasteiger partial charge on any atom is -0.494 e. The largest absolute Gasteiger partial charge is 0.494 e. The fraction of sp³-hybridized carbons (Fsp3) is 0.562. The maximum Gasteiger partial charge on any atom is 0.417 e. The third kappa shape index (κ3) is 4.63. The lowest BCUT2D eigenvalue weighted by Gasteiger charge is -2.26. The number of benzene rings is 1. The van der Waals surface area contributed by atoms with E-state index in [1.807, 2.05) is 0 Å². The minimum atomic E-state index is -4.54. The smallest absolute Gasteiger partial charge is 0.417 e. The molecule has 0 aromatic heterocycles. The van der Waals surface area contributed by atoms with Crippen molar-refractivity contribution in [3.8, 4) is 11.8 Å². The molecule has 1 fully saturated rings. The first-order chi connectivity index (χ1) is 10.5. The van der Waals surface area contributed by atoms with E-state index in [1.54, 1.807) is 6.07 Å². The maximum absolute atomic E-state index is 12.8. The van der Waals surface area contributed by atoms with Gasteiger partial charge in [-0.2, -0.15) is 18.4 Å². The molecule has 0 radical (unpaired) electrons. The number of hydrogen-bond donors (Lipinski definition) is 0. The summed E-state index contributed by atoms with van der Waals surface area (Å²) in [7, 11) is 0. The molecule has 0 N–H and O–H groups in total. The number of piperidine rings is 1. The summed E-state index contributed by atoms with van der Waals surface area (Å²) in [6, 6.07) is 5.03. The highest BCUT2D eigenvalue weighted by Gasteiger charge is 2.34. The van der Waals surface area contributed by atoms with Crippen molar-refractivity contribution in [1.29, 1.82) is 5.26 Å². The van der Waals surface area contributed by atoms with Gasteiger partial charge in [0.25, 0.3) is 0 Å². The SMILES string of the molecule is N#Cc1ccc(OCCCN2CCCCC2)cc1C(F)(F)F. The molecule has 0 unspecified atom stereocenters. The molecule has 0 atom stereocenters. The summed E-state index contributed by atoms with van der Waals surface area (Å²) >= 11 is 0. The van der Waals surface area contributed by atoms with Crippen molar-refractivity contribution in [2.45, 2.75) is 31.9 Å². The molecule has 0 aliphatic carbocycles. The van der Waals surface area contributed by atoms with Gasteiger partial charge in [-0.05, 0) is 50.6 Å². The predicted molar refractivity (Wildman–Crippen MR) is 76.6 cm³/mol. The quantitative estimate of drug-likeness (QED) is 0.775. The number of likely N-dealkylation sites (tertiary alicyclic amines) is 1. The summed E-state index contributed by atoms with van der Waals surface area (Å²) in [6.07, 6.45) is -0.0606. The third-order valence-electron chi connectivity index (χ3n) is 3.75. The Morgan fingerprint density at radius 3 is 2.55 bits per heavy atom. The van der Waals surface area contributed by atoms with Crippen molar-refractivity contribution in [2.24, 2.45) is 0 Å². The lowest BCUT2D eigenvalue weighted by atomic mass is 10.1. The molecule has 1 heterocycles. The summed E-state index contributed by atoms with van der Waals surface area (Å²) in [5.41, 5.74) is -1.32. The van der Waals surface area contributed by atoms with E-state index in [0.717, 1.165) is 38.2 Å². The Labute approximate surface area is 128 Å². The highest BCUT2D eigenvalue weighted by atomic mass is 19.4. The molecule has 120 valence electrons. The van der Waals surface area contributed by atoms with E-state index >= 15 is 0 Å². The van der Waals surface area contributed by atoms with Gasteiger partial charge < -0.3 is 9.64 Å². The molecule has 0 spiro atoms. The van der Waals surface area contributed by atoms with Crippen LogP contribution in [-0.4, -0.2) is 31.1 Å². The molecule has 1 aromatic carbocycles. The average Bonchev–Trinajstić information content (AvgIpc) is 2.51. The number of ether oxygens (including phenoxy) is 1. The van der Waals surface area contributed by atoms with Gasteiger partial charge in [0, 0.05) is 6.54 Å². The highest BCUT2D eigenvalue weighted by molar-refractivity contribution is 5.44. The van der Waals surface area contributed by atoms with Crippen LogP contribution in [0.2, 0.25) is 0 Å². The molecule has 0 amide bonds.